The maximum absolute atomic E-state index is 10.9. The molecule has 1 fully saturated rings. The van der Waals surface area contributed by atoms with Gasteiger partial charge in [-0.3, -0.25) is 9.59 Å². The summed E-state index contributed by atoms with van der Waals surface area (Å²) >= 11 is 0. The highest BCUT2D eigenvalue weighted by molar-refractivity contribution is 6.35. The van der Waals surface area contributed by atoms with E-state index in [-0.39, 0.29) is 6.54 Å². The zero-order valence-electron chi connectivity index (χ0n) is 7.17. The van der Waals surface area contributed by atoms with Crippen molar-refractivity contribution < 1.29 is 9.59 Å². The van der Waals surface area contributed by atoms with E-state index < -0.39 is 11.8 Å². The Hall–Kier alpha value is -1.57. The summed E-state index contributed by atoms with van der Waals surface area (Å²) in [6, 6.07) is 1.72. The van der Waals surface area contributed by atoms with Crippen LogP contribution in [0.1, 0.15) is 12.8 Å². The maximum atomic E-state index is 10.9. The maximum Gasteiger partial charge on any atom is 0.310 e. The molecule has 0 radical (unpaired) electrons. The predicted octanol–water partition coefficient (Wildman–Crippen LogP) is -0.848. The predicted molar refractivity (Wildman–Crippen MR) is 44.4 cm³/mol. The number of nitrogens with one attached hydrogen (secondary N) is 2. The number of amides is 2. The van der Waals surface area contributed by atoms with Gasteiger partial charge in [0.15, 0.2) is 0 Å². The molecule has 0 aromatic heterocycles. The minimum atomic E-state index is -0.734. The summed E-state index contributed by atoms with van der Waals surface area (Å²) in [5, 5.41) is 12.8. The average Bonchev–Trinajstić information content (AvgIpc) is 2.93. The highest BCUT2D eigenvalue weighted by Crippen LogP contribution is 2.27. The van der Waals surface area contributed by atoms with E-state index in [9.17, 15) is 9.59 Å². The van der Waals surface area contributed by atoms with Crippen molar-refractivity contribution >= 4 is 11.8 Å². The van der Waals surface area contributed by atoms with Gasteiger partial charge >= 0.3 is 11.8 Å². The molecule has 5 nitrogen and oxygen atoms in total. The van der Waals surface area contributed by atoms with Gasteiger partial charge in [0.05, 0.1) is 6.07 Å². The van der Waals surface area contributed by atoms with Crippen LogP contribution in [0.4, 0.5) is 0 Å². The third kappa shape index (κ3) is 3.56. The van der Waals surface area contributed by atoms with Crippen LogP contribution in [-0.2, 0) is 9.59 Å². The van der Waals surface area contributed by atoms with Crippen LogP contribution in [0.15, 0.2) is 0 Å². The largest absolute Gasteiger partial charge is 0.348 e. The van der Waals surface area contributed by atoms with Gasteiger partial charge < -0.3 is 10.6 Å². The Morgan fingerprint density at radius 1 is 1.31 bits per heavy atom. The summed E-state index contributed by atoms with van der Waals surface area (Å²) in [5.41, 5.74) is 0. The number of nitrogens with zero attached hydrogens (tertiary/aromatic N) is 1. The molecule has 1 aliphatic carbocycles. The fourth-order valence-corrected chi connectivity index (χ4v) is 0.839. The lowest BCUT2D eigenvalue weighted by Crippen LogP contribution is -2.40. The summed E-state index contributed by atoms with van der Waals surface area (Å²) < 4.78 is 0. The number of nitriles is 1. The van der Waals surface area contributed by atoms with Crippen molar-refractivity contribution in [2.24, 2.45) is 5.92 Å². The van der Waals surface area contributed by atoms with Crippen LogP contribution in [0.25, 0.3) is 0 Å². The van der Waals surface area contributed by atoms with E-state index in [1.54, 1.807) is 6.07 Å². The smallest absolute Gasteiger partial charge is 0.310 e. The topological polar surface area (TPSA) is 82.0 Å². The van der Waals surface area contributed by atoms with Crippen LogP contribution < -0.4 is 10.6 Å². The monoisotopic (exact) mass is 181 g/mol. The van der Waals surface area contributed by atoms with Crippen molar-refractivity contribution in [2.45, 2.75) is 12.8 Å². The Morgan fingerprint density at radius 3 is 2.46 bits per heavy atom. The van der Waals surface area contributed by atoms with Crippen molar-refractivity contribution in [1.82, 2.24) is 10.6 Å². The van der Waals surface area contributed by atoms with Crippen LogP contribution >= 0.6 is 0 Å². The minimum absolute atomic E-state index is 0.129. The molecule has 0 aliphatic heterocycles. The Labute approximate surface area is 76.1 Å². The van der Waals surface area contributed by atoms with Gasteiger partial charge in [0, 0.05) is 6.54 Å². The number of carbonyl (C=O) groups excluding carboxylic acids is 2. The van der Waals surface area contributed by atoms with Crippen molar-refractivity contribution in [3.8, 4) is 6.07 Å². The Bertz CT molecular complexity index is 253. The molecule has 1 saturated carbocycles. The van der Waals surface area contributed by atoms with Gasteiger partial charge in [0.25, 0.3) is 0 Å². The molecule has 0 saturated heterocycles. The number of rotatable bonds is 3. The van der Waals surface area contributed by atoms with Crippen LogP contribution in [0.3, 0.4) is 0 Å². The zero-order chi connectivity index (χ0) is 9.68. The molecule has 2 amide bonds. The van der Waals surface area contributed by atoms with E-state index >= 15 is 0 Å². The first-order valence-corrected chi connectivity index (χ1v) is 4.17. The summed E-state index contributed by atoms with van der Waals surface area (Å²) in [6.45, 7) is 0.439. The summed E-state index contributed by atoms with van der Waals surface area (Å²) in [4.78, 5) is 21.8. The lowest BCUT2D eigenvalue weighted by atomic mass is 10.4. The quantitative estimate of drug-likeness (QED) is 0.439. The van der Waals surface area contributed by atoms with Gasteiger partial charge in [-0.15, -0.1) is 0 Å². The van der Waals surface area contributed by atoms with E-state index in [0.29, 0.717) is 12.5 Å². The Balaban J connectivity index is 2.13. The second-order valence-corrected chi connectivity index (χ2v) is 2.99. The van der Waals surface area contributed by atoms with E-state index in [1.165, 1.54) is 0 Å². The van der Waals surface area contributed by atoms with Crippen molar-refractivity contribution in [2.75, 3.05) is 13.1 Å². The molecule has 0 atom stereocenters. The first-order chi connectivity index (χ1) is 6.24. The highest BCUT2D eigenvalue weighted by atomic mass is 16.2. The average molecular weight is 181 g/mol. The van der Waals surface area contributed by atoms with E-state index in [0.717, 1.165) is 12.8 Å². The SMILES string of the molecule is N#CCNC(=O)C(=O)NCC1CC1. The highest BCUT2D eigenvalue weighted by Gasteiger charge is 2.23. The fraction of sp³-hybridized carbons (Fsp3) is 0.625. The lowest BCUT2D eigenvalue weighted by Gasteiger charge is -2.02. The van der Waals surface area contributed by atoms with Gasteiger partial charge in [0.1, 0.15) is 6.54 Å². The molecule has 0 spiro atoms. The molecule has 0 aromatic carbocycles. The van der Waals surface area contributed by atoms with Crippen molar-refractivity contribution in [3.63, 3.8) is 0 Å². The van der Waals surface area contributed by atoms with Crippen LogP contribution in [0.2, 0.25) is 0 Å². The van der Waals surface area contributed by atoms with Gasteiger partial charge in [0.2, 0.25) is 0 Å². The molecule has 5 heteroatoms. The minimum Gasteiger partial charge on any atom is -0.348 e. The summed E-state index contributed by atoms with van der Waals surface area (Å²) in [6.07, 6.45) is 2.25. The fourth-order valence-electron chi connectivity index (χ4n) is 0.839. The zero-order valence-corrected chi connectivity index (χ0v) is 7.17. The number of hydrogen-bond acceptors (Lipinski definition) is 3. The van der Waals surface area contributed by atoms with E-state index in [4.69, 9.17) is 5.26 Å². The first-order valence-electron chi connectivity index (χ1n) is 4.17. The third-order valence-corrected chi connectivity index (χ3v) is 1.78. The molecule has 70 valence electrons. The number of hydrogen-bond donors (Lipinski definition) is 2. The molecule has 1 aliphatic rings. The third-order valence-electron chi connectivity index (χ3n) is 1.78. The second-order valence-electron chi connectivity index (χ2n) is 2.99. The second kappa shape index (κ2) is 4.45. The summed E-state index contributed by atoms with van der Waals surface area (Å²) in [5.74, 6) is -0.836. The molecular weight excluding hydrogens is 170 g/mol. The molecule has 13 heavy (non-hydrogen) atoms. The Kier molecular flexibility index (Phi) is 3.26. The first kappa shape index (κ1) is 9.52. The van der Waals surface area contributed by atoms with Gasteiger partial charge in [-0.2, -0.15) is 5.26 Å². The van der Waals surface area contributed by atoms with E-state index in [1.807, 2.05) is 0 Å². The van der Waals surface area contributed by atoms with Gasteiger partial charge in [-0.25, -0.2) is 0 Å². The summed E-state index contributed by atoms with van der Waals surface area (Å²) in [7, 11) is 0. The Morgan fingerprint density at radius 2 is 1.92 bits per heavy atom. The molecule has 1 rings (SSSR count). The molecule has 0 bridgehead atoms. The van der Waals surface area contributed by atoms with E-state index in [2.05, 4.69) is 10.6 Å². The van der Waals surface area contributed by atoms with Crippen molar-refractivity contribution in [1.29, 1.82) is 5.26 Å². The lowest BCUT2D eigenvalue weighted by molar-refractivity contribution is -0.139. The van der Waals surface area contributed by atoms with Crippen LogP contribution in [-0.4, -0.2) is 24.9 Å². The van der Waals surface area contributed by atoms with Crippen LogP contribution in [0.5, 0.6) is 0 Å². The molecular formula is C8H11N3O2. The van der Waals surface area contributed by atoms with Crippen LogP contribution in [0, 0.1) is 17.2 Å². The molecule has 0 unspecified atom stereocenters. The standard InChI is InChI=1S/C8H11N3O2/c9-3-4-10-7(12)8(13)11-5-6-1-2-6/h6H,1-2,4-5H2,(H,10,12)(H,11,13). The number of carbonyl (C=O) groups is 2. The molecule has 2 N–H and O–H groups in total. The molecule has 0 aromatic rings. The normalized spacial score (nSPS) is 14.4. The van der Waals surface area contributed by atoms with Crippen molar-refractivity contribution in [3.05, 3.63) is 0 Å². The van der Waals surface area contributed by atoms with Gasteiger partial charge in [-0.05, 0) is 18.8 Å². The van der Waals surface area contributed by atoms with Gasteiger partial charge in [-0.1, -0.05) is 0 Å². The molecule has 0 heterocycles.